The highest BCUT2D eigenvalue weighted by atomic mass is 79.9. The van der Waals surface area contributed by atoms with Crippen molar-refractivity contribution >= 4 is 27.9 Å². The first kappa shape index (κ1) is 17.3. The summed E-state index contributed by atoms with van der Waals surface area (Å²) in [5.41, 5.74) is -0.506. The zero-order valence-electron chi connectivity index (χ0n) is 14.0. The summed E-state index contributed by atoms with van der Waals surface area (Å²) >= 11 is 3.45. The lowest BCUT2D eigenvalue weighted by Crippen LogP contribution is -2.40. The van der Waals surface area contributed by atoms with Gasteiger partial charge in [0.05, 0.1) is 31.5 Å². The number of imide groups is 1. The number of hydrogen-bond acceptors (Lipinski definition) is 5. The van der Waals surface area contributed by atoms with Gasteiger partial charge in [-0.05, 0) is 46.6 Å². The number of furan rings is 1. The number of amides is 3. The highest BCUT2D eigenvalue weighted by molar-refractivity contribution is 9.10. The zero-order valence-corrected chi connectivity index (χ0v) is 15.5. The predicted molar refractivity (Wildman–Crippen MR) is 92.4 cm³/mol. The zero-order chi connectivity index (χ0) is 18.2. The second-order valence-electron chi connectivity index (χ2n) is 5.70. The third-order valence-corrected chi connectivity index (χ3v) is 5.05. The Morgan fingerprint density at radius 1 is 1.24 bits per heavy atom. The average molecular weight is 409 g/mol. The molecule has 1 aliphatic heterocycles. The first-order chi connectivity index (χ1) is 11.9. The second kappa shape index (κ2) is 6.44. The number of ether oxygens (including phenoxy) is 2. The molecule has 1 aliphatic rings. The van der Waals surface area contributed by atoms with Crippen LogP contribution in [0.25, 0.3) is 0 Å². The summed E-state index contributed by atoms with van der Waals surface area (Å²) < 4.78 is 16.5. The van der Waals surface area contributed by atoms with Crippen molar-refractivity contribution in [2.45, 2.75) is 19.0 Å². The third kappa shape index (κ3) is 2.76. The molecule has 2 heterocycles. The second-order valence-corrected chi connectivity index (χ2v) is 6.49. The van der Waals surface area contributed by atoms with Crippen LogP contribution in [0, 0.1) is 0 Å². The summed E-state index contributed by atoms with van der Waals surface area (Å²) in [5.74, 6) is 1.06. The van der Waals surface area contributed by atoms with Gasteiger partial charge in [0, 0.05) is 0 Å². The third-order valence-electron chi connectivity index (χ3n) is 4.18. The van der Waals surface area contributed by atoms with Gasteiger partial charge in [-0.25, -0.2) is 4.79 Å². The number of rotatable bonds is 5. The van der Waals surface area contributed by atoms with Gasteiger partial charge in [0.1, 0.15) is 5.76 Å². The van der Waals surface area contributed by atoms with E-state index in [2.05, 4.69) is 21.2 Å². The minimum atomic E-state index is -1.22. The molecule has 7 nitrogen and oxygen atoms in total. The molecule has 132 valence electrons. The molecule has 1 N–H and O–H groups in total. The van der Waals surface area contributed by atoms with Crippen LogP contribution in [0.1, 0.15) is 18.2 Å². The fraction of sp³-hybridized carbons (Fsp3) is 0.294. The minimum absolute atomic E-state index is 0.0852. The molecule has 0 aliphatic carbocycles. The van der Waals surface area contributed by atoms with Crippen LogP contribution in [0.15, 0.2) is 39.4 Å². The highest BCUT2D eigenvalue weighted by Gasteiger charge is 2.51. The van der Waals surface area contributed by atoms with E-state index >= 15 is 0 Å². The van der Waals surface area contributed by atoms with E-state index in [9.17, 15) is 9.59 Å². The van der Waals surface area contributed by atoms with Gasteiger partial charge in [0.2, 0.25) is 0 Å². The van der Waals surface area contributed by atoms with Crippen molar-refractivity contribution in [1.29, 1.82) is 0 Å². The molecule has 1 aromatic heterocycles. The van der Waals surface area contributed by atoms with Crippen molar-refractivity contribution in [2.75, 3.05) is 14.2 Å². The molecule has 1 saturated heterocycles. The van der Waals surface area contributed by atoms with Crippen LogP contribution < -0.4 is 14.8 Å². The van der Waals surface area contributed by atoms with Crippen molar-refractivity contribution < 1.29 is 23.5 Å². The van der Waals surface area contributed by atoms with E-state index in [0.29, 0.717) is 27.3 Å². The van der Waals surface area contributed by atoms with Gasteiger partial charge in [0.25, 0.3) is 5.91 Å². The molecule has 3 rings (SSSR count). The molecule has 0 spiro atoms. The van der Waals surface area contributed by atoms with Crippen LogP contribution in [0.3, 0.4) is 0 Å². The Bertz CT molecular complexity index is 821. The predicted octanol–water partition coefficient (Wildman–Crippen LogP) is 3.03. The molecule has 0 saturated carbocycles. The molecule has 0 radical (unpaired) electrons. The number of nitrogens with one attached hydrogen (secondary N) is 1. The van der Waals surface area contributed by atoms with E-state index in [4.69, 9.17) is 13.9 Å². The van der Waals surface area contributed by atoms with Gasteiger partial charge in [0.15, 0.2) is 17.0 Å². The van der Waals surface area contributed by atoms with Gasteiger partial charge in [-0.15, -0.1) is 0 Å². The fourth-order valence-corrected chi connectivity index (χ4v) is 3.41. The van der Waals surface area contributed by atoms with Crippen LogP contribution in [0.4, 0.5) is 4.79 Å². The topological polar surface area (TPSA) is 81.0 Å². The number of methoxy groups -OCH3 is 2. The van der Waals surface area contributed by atoms with Crippen LogP contribution in [-0.2, 0) is 16.9 Å². The Hall–Kier alpha value is -2.48. The Balaban J connectivity index is 1.92. The Kier molecular flexibility index (Phi) is 4.47. The fourth-order valence-electron chi connectivity index (χ4n) is 2.79. The number of benzene rings is 1. The van der Waals surface area contributed by atoms with E-state index < -0.39 is 11.6 Å². The van der Waals surface area contributed by atoms with Gasteiger partial charge < -0.3 is 19.2 Å². The monoisotopic (exact) mass is 408 g/mol. The van der Waals surface area contributed by atoms with Crippen molar-refractivity contribution in [3.8, 4) is 11.5 Å². The molecule has 8 heteroatoms. The van der Waals surface area contributed by atoms with Crippen molar-refractivity contribution in [2.24, 2.45) is 0 Å². The average Bonchev–Trinajstić information content (AvgIpc) is 3.20. The molecule has 1 fully saturated rings. The summed E-state index contributed by atoms with van der Waals surface area (Å²) in [5, 5.41) is 2.70. The summed E-state index contributed by atoms with van der Waals surface area (Å²) in [6.45, 7) is 1.71. The maximum Gasteiger partial charge on any atom is 0.325 e. The Morgan fingerprint density at radius 2 is 2.00 bits per heavy atom. The first-order valence-corrected chi connectivity index (χ1v) is 8.29. The number of nitrogens with zero attached hydrogens (tertiary/aromatic N) is 1. The van der Waals surface area contributed by atoms with Crippen molar-refractivity contribution in [3.63, 3.8) is 0 Å². The lowest BCUT2D eigenvalue weighted by molar-refractivity contribution is -0.132. The SMILES string of the molecule is COc1ccc(CN2C(=O)N[C@@](C)(c3ccco3)C2=O)c(Br)c1OC. The van der Waals surface area contributed by atoms with E-state index in [1.54, 1.807) is 31.2 Å². The first-order valence-electron chi connectivity index (χ1n) is 7.49. The smallest absolute Gasteiger partial charge is 0.325 e. The normalized spacial score (nSPS) is 19.9. The van der Waals surface area contributed by atoms with E-state index in [-0.39, 0.29) is 12.5 Å². The van der Waals surface area contributed by atoms with Crippen LogP contribution in [0.2, 0.25) is 0 Å². The van der Waals surface area contributed by atoms with Crippen LogP contribution in [-0.4, -0.2) is 31.1 Å². The number of urea groups is 1. The number of carbonyl (C=O) groups excluding carboxylic acids is 2. The van der Waals surface area contributed by atoms with Crippen molar-refractivity contribution in [3.05, 3.63) is 46.3 Å². The highest BCUT2D eigenvalue weighted by Crippen LogP contribution is 2.39. The number of hydrogen-bond donors (Lipinski definition) is 1. The lowest BCUT2D eigenvalue weighted by atomic mass is 9.99. The summed E-state index contributed by atoms with van der Waals surface area (Å²) in [4.78, 5) is 26.4. The summed E-state index contributed by atoms with van der Waals surface area (Å²) in [6, 6.07) is 6.35. The van der Waals surface area contributed by atoms with Crippen LogP contribution >= 0.6 is 15.9 Å². The summed E-state index contributed by atoms with van der Waals surface area (Å²) in [6.07, 6.45) is 1.47. The van der Waals surface area contributed by atoms with Gasteiger partial charge in [-0.1, -0.05) is 6.07 Å². The van der Waals surface area contributed by atoms with Crippen molar-refractivity contribution in [1.82, 2.24) is 10.2 Å². The molecule has 0 unspecified atom stereocenters. The molecule has 1 atom stereocenters. The van der Waals surface area contributed by atoms with Crippen LogP contribution in [0.5, 0.6) is 11.5 Å². The maximum absolute atomic E-state index is 12.8. The quantitative estimate of drug-likeness (QED) is 0.768. The van der Waals surface area contributed by atoms with E-state index in [1.165, 1.54) is 20.5 Å². The maximum atomic E-state index is 12.8. The van der Waals surface area contributed by atoms with E-state index in [0.717, 1.165) is 4.90 Å². The Morgan fingerprint density at radius 3 is 2.60 bits per heavy atom. The molecular formula is C17H17BrN2O5. The molecule has 3 amide bonds. The minimum Gasteiger partial charge on any atom is -0.493 e. The summed E-state index contributed by atoms with van der Waals surface area (Å²) in [7, 11) is 3.06. The molecule has 1 aromatic carbocycles. The van der Waals surface area contributed by atoms with Gasteiger partial charge in [-0.3, -0.25) is 9.69 Å². The number of carbonyl (C=O) groups is 2. The molecular weight excluding hydrogens is 392 g/mol. The number of halogens is 1. The van der Waals surface area contributed by atoms with Gasteiger partial charge in [-0.2, -0.15) is 0 Å². The molecule has 25 heavy (non-hydrogen) atoms. The van der Waals surface area contributed by atoms with E-state index in [1.807, 2.05) is 0 Å². The Labute approximate surface area is 153 Å². The molecule has 2 aromatic rings. The largest absolute Gasteiger partial charge is 0.493 e. The standard InChI is InChI=1S/C17H17BrN2O5/c1-17(12-5-4-8-25-12)15(21)20(16(22)19-17)9-10-6-7-11(23-2)14(24-3)13(10)18/h4-8H,9H2,1-3H3,(H,19,22)/t17-/m0/s1. The lowest BCUT2D eigenvalue weighted by Gasteiger charge is -2.20. The van der Waals surface area contributed by atoms with Gasteiger partial charge >= 0.3 is 6.03 Å². The molecule has 0 bridgehead atoms.